The number of aryl methyl sites for hydroxylation is 1. The van der Waals surface area contributed by atoms with E-state index in [-0.39, 0.29) is 0 Å². The van der Waals surface area contributed by atoms with Gasteiger partial charge < -0.3 is 19.3 Å². The standard InChI is InChI=1S/C14H18N2O3/c1-10-7-12(19-16-10)9-18-14-11(8-15-2)5-4-6-13(14)17-3/h4-7,15H,8-9H2,1-3H3. The first kappa shape index (κ1) is 13.4. The molecule has 1 N–H and O–H groups in total. The zero-order chi connectivity index (χ0) is 13.7. The molecule has 0 amide bonds. The second-order valence-electron chi connectivity index (χ2n) is 4.20. The SMILES string of the molecule is CNCc1cccc(OC)c1OCc1cc(C)no1. The number of rotatable bonds is 6. The largest absolute Gasteiger partial charge is 0.493 e. The van der Waals surface area contributed by atoms with E-state index < -0.39 is 0 Å². The van der Waals surface area contributed by atoms with Crippen molar-refractivity contribution in [3.63, 3.8) is 0 Å². The van der Waals surface area contributed by atoms with Crippen LogP contribution in [0.15, 0.2) is 28.8 Å². The first-order valence-electron chi connectivity index (χ1n) is 6.10. The molecule has 0 spiro atoms. The third kappa shape index (κ3) is 3.26. The van der Waals surface area contributed by atoms with Crippen molar-refractivity contribution < 1.29 is 14.0 Å². The molecule has 2 rings (SSSR count). The van der Waals surface area contributed by atoms with Crippen LogP contribution in [0.4, 0.5) is 0 Å². The normalized spacial score (nSPS) is 10.5. The van der Waals surface area contributed by atoms with Gasteiger partial charge in [0.2, 0.25) is 0 Å². The predicted octanol–water partition coefficient (Wildman–Crippen LogP) is 2.29. The van der Waals surface area contributed by atoms with Crippen LogP contribution in [0.3, 0.4) is 0 Å². The number of benzene rings is 1. The van der Waals surface area contributed by atoms with Crippen molar-refractivity contribution in [3.05, 3.63) is 41.3 Å². The molecule has 0 aliphatic heterocycles. The Hall–Kier alpha value is -2.01. The lowest BCUT2D eigenvalue weighted by Crippen LogP contribution is -2.08. The predicted molar refractivity (Wildman–Crippen MR) is 71.3 cm³/mol. The molecule has 1 aromatic heterocycles. The van der Waals surface area contributed by atoms with Crippen LogP contribution in [0.1, 0.15) is 17.0 Å². The highest BCUT2D eigenvalue weighted by molar-refractivity contribution is 5.46. The lowest BCUT2D eigenvalue weighted by atomic mass is 10.2. The number of nitrogens with zero attached hydrogens (tertiary/aromatic N) is 1. The van der Waals surface area contributed by atoms with E-state index in [0.717, 1.165) is 17.0 Å². The van der Waals surface area contributed by atoms with Crippen LogP contribution < -0.4 is 14.8 Å². The maximum absolute atomic E-state index is 5.81. The average molecular weight is 262 g/mol. The van der Waals surface area contributed by atoms with Gasteiger partial charge in [-0.2, -0.15) is 0 Å². The maximum atomic E-state index is 5.81. The van der Waals surface area contributed by atoms with Crippen LogP contribution in [-0.4, -0.2) is 19.3 Å². The van der Waals surface area contributed by atoms with E-state index in [2.05, 4.69) is 10.5 Å². The van der Waals surface area contributed by atoms with Crippen LogP contribution in [0.2, 0.25) is 0 Å². The first-order valence-corrected chi connectivity index (χ1v) is 6.10. The molecule has 0 aliphatic rings. The van der Waals surface area contributed by atoms with E-state index in [1.54, 1.807) is 7.11 Å². The summed E-state index contributed by atoms with van der Waals surface area (Å²) in [6, 6.07) is 7.67. The number of para-hydroxylation sites is 1. The second-order valence-corrected chi connectivity index (χ2v) is 4.20. The Bertz CT molecular complexity index is 537. The Morgan fingerprint density at radius 3 is 2.84 bits per heavy atom. The van der Waals surface area contributed by atoms with E-state index in [4.69, 9.17) is 14.0 Å². The molecule has 1 aromatic carbocycles. The van der Waals surface area contributed by atoms with Crippen LogP contribution in [-0.2, 0) is 13.2 Å². The highest BCUT2D eigenvalue weighted by Gasteiger charge is 2.11. The van der Waals surface area contributed by atoms with Crippen molar-refractivity contribution in [2.24, 2.45) is 0 Å². The summed E-state index contributed by atoms with van der Waals surface area (Å²) >= 11 is 0. The topological polar surface area (TPSA) is 56.5 Å². The highest BCUT2D eigenvalue weighted by Crippen LogP contribution is 2.31. The van der Waals surface area contributed by atoms with Gasteiger partial charge in [0.05, 0.1) is 12.8 Å². The summed E-state index contributed by atoms with van der Waals surface area (Å²) in [4.78, 5) is 0. The number of hydrogen-bond donors (Lipinski definition) is 1. The molecule has 5 nitrogen and oxygen atoms in total. The van der Waals surface area contributed by atoms with E-state index >= 15 is 0 Å². The van der Waals surface area contributed by atoms with Gasteiger partial charge in [0.1, 0.15) is 6.61 Å². The second kappa shape index (κ2) is 6.24. The van der Waals surface area contributed by atoms with Crippen LogP contribution in [0.5, 0.6) is 11.5 Å². The van der Waals surface area contributed by atoms with Crippen molar-refractivity contribution in [1.29, 1.82) is 0 Å². The molecule has 0 saturated heterocycles. The minimum absolute atomic E-state index is 0.331. The van der Waals surface area contributed by atoms with Gasteiger partial charge in [0, 0.05) is 18.2 Å². The van der Waals surface area contributed by atoms with Gasteiger partial charge in [-0.15, -0.1) is 0 Å². The quantitative estimate of drug-likeness (QED) is 0.865. The lowest BCUT2D eigenvalue weighted by molar-refractivity contribution is 0.236. The Morgan fingerprint density at radius 1 is 1.37 bits per heavy atom. The first-order chi connectivity index (χ1) is 9.24. The van der Waals surface area contributed by atoms with Crippen molar-refractivity contribution in [1.82, 2.24) is 10.5 Å². The zero-order valence-corrected chi connectivity index (χ0v) is 11.4. The molecule has 0 fully saturated rings. The van der Waals surface area contributed by atoms with E-state index in [9.17, 15) is 0 Å². The van der Waals surface area contributed by atoms with Gasteiger partial charge in [-0.25, -0.2) is 0 Å². The fraction of sp³-hybridized carbons (Fsp3) is 0.357. The summed E-state index contributed by atoms with van der Waals surface area (Å²) in [5, 5.41) is 6.94. The number of aromatic nitrogens is 1. The van der Waals surface area contributed by atoms with Gasteiger partial charge in [-0.1, -0.05) is 17.3 Å². The van der Waals surface area contributed by atoms with E-state index in [0.29, 0.717) is 24.7 Å². The number of methoxy groups -OCH3 is 1. The third-order valence-electron chi connectivity index (χ3n) is 2.68. The molecule has 5 heteroatoms. The number of hydrogen-bond acceptors (Lipinski definition) is 5. The van der Waals surface area contributed by atoms with Crippen molar-refractivity contribution in [2.75, 3.05) is 14.2 Å². The summed E-state index contributed by atoms with van der Waals surface area (Å²) in [5.74, 6) is 2.14. The molecule has 0 aliphatic carbocycles. The van der Waals surface area contributed by atoms with Gasteiger partial charge in [0.25, 0.3) is 0 Å². The van der Waals surface area contributed by atoms with Gasteiger partial charge in [0.15, 0.2) is 17.3 Å². The molecule has 0 unspecified atom stereocenters. The van der Waals surface area contributed by atoms with Crippen molar-refractivity contribution >= 4 is 0 Å². The third-order valence-corrected chi connectivity index (χ3v) is 2.68. The Morgan fingerprint density at radius 2 is 2.21 bits per heavy atom. The molecule has 0 saturated carbocycles. The Labute approximate surface area is 112 Å². The fourth-order valence-corrected chi connectivity index (χ4v) is 1.84. The molecule has 1 heterocycles. The molecule has 0 atom stereocenters. The summed E-state index contributed by atoms with van der Waals surface area (Å²) in [6.07, 6.45) is 0. The highest BCUT2D eigenvalue weighted by atomic mass is 16.5. The van der Waals surface area contributed by atoms with Gasteiger partial charge in [-0.3, -0.25) is 0 Å². The molecule has 19 heavy (non-hydrogen) atoms. The van der Waals surface area contributed by atoms with Crippen LogP contribution >= 0.6 is 0 Å². The molecular weight excluding hydrogens is 244 g/mol. The number of nitrogens with one attached hydrogen (secondary N) is 1. The Kier molecular flexibility index (Phi) is 4.41. The zero-order valence-electron chi connectivity index (χ0n) is 11.4. The minimum Gasteiger partial charge on any atom is -0.493 e. The van der Waals surface area contributed by atoms with Crippen molar-refractivity contribution in [3.8, 4) is 11.5 Å². The molecule has 2 aromatic rings. The minimum atomic E-state index is 0.331. The maximum Gasteiger partial charge on any atom is 0.174 e. The summed E-state index contributed by atoms with van der Waals surface area (Å²) in [6.45, 7) is 2.92. The van der Waals surface area contributed by atoms with Crippen LogP contribution in [0.25, 0.3) is 0 Å². The lowest BCUT2D eigenvalue weighted by Gasteiger charge is -2.14. The van der Waals surface area contributed by atoms with E-state index in [1.165, 1.54) is 0 Å². The van der Waals surface area contributed by atoms with Gasteiger partial charge >= 0.3 is 0 Å². The average Bonchev–Trinajstić information content (AvgIpc) is 2.83. The molecule has 102 valence electrons. The molecule has 0 radical (unpaired) electrons. The molecule has 0 bridgehead atoms. The Balaban J connectivity index is 2.17. The number of ether oxygens (including phenoxy) is 2. The smallest absolute Gasteiger partial charge is 0.174 e. The van der Waals surface area contributed by atoms with E-state index in [1.807, 2.05) is 38.2 Å². The summed E-state index contributed by atoms with van der Waals surface area (Å²) in [5.41, 5.74) is 1.88. The van der Waals surface area contributed by atoms with Crippen molar-refractivity contribution in [2.45, 2.75) is 20.1 Å². The fourth-order valence-electron chi connectivity index (χ4n) is 1.84. The van der Waals surface area contributed by atoms with Gasteiger partial charge in [-0.05, 0) is 20.0 Å². The monoisotopic (exact) mass is 262 g/mol. The molecular formula is C14H18N2O3. The summed E-state index contributed by atoms with van der Waals surface area (Å²) in [7, 11) is 3.52. The van der Waals surface area contributed by atoms with Crippen LogP contribution in [0, 0.1) is 6.92 Å². The summed E-state index contributed by atoms with van der Waals surface area (Å²) < 4.78 is 16.3.